The third-order valence-electron chi connectivity index (χ3n) is 3.68. The maximum absolute atomic E-state index is 13.7. The Kier molecular flexibility index (Phi) is 5.09. The number of ether oxygens (including phenoxy) is 1. The van der Waals surface area contributed by atoms with Crippen LogP contribution < -0.4 is 5.73 Å². The van der Waals surface area contributed by atoms with E-state index in [4.69, 9.17) is 10.5 Å². The number of nitrogens with zero attached hydrogens (tertiary/aromatic N) is 1. The van der Waals surface area contributed by atoms with Gasteiger partial charge in [0.05, 0.1) is 7.11 Å². The number of methoxy groups -OCH3 is 1. The smallest absolute Gasteiger partial charge is 0.305 e. The Morgan fingerprint density at radius 1 is 1.45 bits per heavy atom. The number of piperidine rings is 1. The maximum atomic E-state index is 13.7. The third-order valence-corrected chi connectivity index (χ3v) is 3.68. The van der Waals surface area contributed by atoms with E-state index in [2.05, 4.69) is 4.90 Å². The molecule has 2 rings (SSSR count). The Morgan fingerprint density at radius 2 is 2.20 bits per heavy atom. The average Bonchev–Trinajstić information content (AvgIpc) is 2.40. The highest BCUT2D eigenvalue weighted by Gasteiger charge is 2.27. The Hall–Kier alpha value is -1.46. The summed E-state index contributed by atoms with van der Waals surface area (Å²) < 4.78 is 18.4. The van der Waals surface area contributed by atoms with Crippen LogP contribution in [0.4, 0.5) is 4.39 Å². The molecule has 1 aromatic carbocycles. The number of hydrogen-bond acceptors (Lipinski definition) is 4. The lowest BCUT2D eigenvalue weighted by Crippen LogP contribution is -2.47. The molecule has 20 heavy (non-hydrogen) atoms. The molecule has 1 heterocycles. The van der Waals surface area contributed by atoms with Gasteiger partial charge in [0.2, 0.25) is 0 Å². The fourth-order valence-electron chi connectivity index (χ4n) is 2.81. The summed E-state index contributed by atoms with van der Waals surface area (Å²) in [6.45, 7) is 2.00. The highest BCUT2D eigenvalue weighted by Crippen LogP contribution is 2.22. The van der Waals surface area contributed by atoms with E-state index < -0.39 is 0 Å². The van der Waals surface area contributed by atoms with E-state index in [0.717, 1.165) is 19.5 Å². The molecular weight excluding hydrogens is 259 g/mol. The number of rotatable bonds is 4. The van der Waals surface area contributed by atoms with Gasteiger partial charge in [-0.25, -0.2) is 4.39 Å². The number of halogens is 1. The summed E-state index contributed by atoms with van der Waals surface area (Å²) >= 11 is 0. The zero-order valence-corrected chi connectivity index (χ0v) is 11.7. The van der Waals surface area contributed by atoms with Gasteiger partial charge in [0.15, 0.2) is 0 Å². The van der Waals surface area contributed by atoms with Crippen LogP contribution in [-0.2, 0) is 16.1 Å². The largest absolute Gasteiger partial charge is 0.469 e. The molecule has 2 unspecified atom stereocenters. The van der Waals surface area contributed by atoms with Crippen molar-refractivity contribution in [2.24, 2.45) is 11.7 Å². The highest BCUT2D eigenvalue weighted by molar-refractivity contribution is 5.69. The molecule has 1 fully saturated rings. The van der Waals surface area contributed by atoms with Crippen molar-refractivity contribution in [3.8, 4) is 0 Å². The van der Waals surface area contributed by atoms with Crippen LogP contribution in [0.1, 0.15) is 18.4 Å². The second kappa shape index (κ2) is 6.81. The Morgan fingerprint density at radius 3 is 2.90 bits per heavy atom. The summed E-state index contributed by atoms with van der Waals surface area (Å²) in [5, 5.41) is 0. The van der Waals surface area contributed by atoms with Crippen LogP contribution >= 0.6 is 0 Å². The van der Waals surface area contributed by atoms with Crippen molar-refractivity contribution in [1.29, 1.82) is 0 Å². The highest BCUT2D eigenvalue weighted by atomic mass is 19.1. The van der Waals surface area contributed by atoms with Crippen molar-refractivity contribution in [3.63, 3.8) is 0 Å². The zero-order valence-electron chi connectivity index (χ0n) is 11.7. The van der Waals surface area contributed by atoms with Gasteiger partial charge >= 0.3 is 5.97 Å². The lowest BCUT2D eigenvalue weighted by Gasteiger charge is -2.36. The van der Waals surface area contributed by atoms with Gasteiger partial charge in [0.1, 0.15) is 5.82 Å². The molecule has 0 aliphatic carbocycles. The molecule has 2 atom stereocenters. The number of nitrogens with two attached hydrogens (primary N) is 1. The molecule has 0 aromatic heterocycles. The zero-order chi connectivity index (χ0) is 14.5. The molecule has 1 aromatic rings. The van der Waals surface area contributed by atoms with Gasteiger partial charge in [0.25, 0.3) is 0 Å². The number of benzene rings is 1. The standard InChI is InChI=1S/C15H21FN2O2/c1-20-15(19)7-11-6-13(17)10-18(8-11)9-12-4-2-3-5-14(12)16/h2-5,11,13H,6-10,17H2,1H3. The molecule has 4 nitrogen and oxygen atoms in total. The fourth-order valence-corrected chi connectivity index (χ4v) is 2.81. The molecule has 5 heteroatoms. The quantitative estimate of drug-likeness (QED) is 0.850. The molecule has 0 bridgehead atoms. The predicted octanol–water partition coefficient (Wildman–Crippen LogP) is 1.54. The minimum absolute atomic E-state index is 0.0187. The average molecular weight is 280 g/mol. The predicted molar refractivity (Wildman–Crippen MR) is 74.4 cm³/mol. The molecular formula is C15H21FN2O2. The number of likely N-dealkylation sites (tertiary alicyclic amines) is 1. The lowest BCUT2D eigenvalue weighted by molar-refractivity contribution is -0.142. The molecule has 1 aliphatic heterocycles. The summed E-state index contributed by atoms with van der Waals surface area (Å²) in [4.78, 5) is 13.5. The van der Waals surface area contributed by atoms with E-state index in [9.17, 15) is 9.18 Å². The SMILES string of the molecule is COC(=O)CC1CC(N)CN(Cc2ccccc2F)C1. The van der Waals surface area contributed by atoms with Crippen LogP contribution in [0.15, 0.2) is 24.3 Å². The van der Waals surface area contributed by atoms with Crippen molar-refractivity contribution in [1.82, 2.24) is 4.90 Å². The third kappa shape index (κ3) is 4.02. The van der Waals surface area contributed by atoms with Crippen molar-refractivity contribution >= 4 is 5.97 Å². The maximum Gasteiger partial charge on any atom is 0.305 e. The van der Waals surface area contributed by atoms with Gasteiger partial charge in [-0.2, -0.15) is 0 Å². The summed E-state index contributed by atoms with van der Waals surface area (Å²) in [5.41, 5.74) is 6.70. The van der Waals surface area contributed by atoms with Crippen LogP contribution in [-0.4, -0.2) is 37.1 Å². The van der Waals surface area contributed by atoms with Crippen LogP contribution in [0.3, 0.4) is 0 Å². The molecule has 1 aliphatic rings. The molecule has 0 radical (unpaired) electrons. The van der Waals surface area contributed by atoms with Gasteiger partial charge < -0.3 is 10.5 Å². The first kappa shape index (κ1) is 14.9. The minimum Gasteiger partial charge on any atom is -0.469 e. The van der Waals surface area contributed by atoms with Crippen LogP contribution in [0.5, 0.6) is 0 Å². The summed E-state index contributed by atoms with van der Waals surface area (Å²) in [7, 11) is 1.39. The van der Waals surface area contributed by atoms with Crippen molar-refractivity contribution in [3.05, 3.63) is 35.6 Å². The van der Waals surface area contributed by atoms with Crippen LogP contribution in [0.2, 0.25) is 0 Å². The number of carbonyl (C=O) groups excluding carboxylic acids is 1. The van der Waals surface area contributed by atoms with E-state index in [1.165, 1.54) is 13.2 Å². The second-order valence-corrected chi connectivity index (χ2v) is 5.43. The summed E-state index contributed by atoms with van der Waals surface area (Å²) in [6.07, 6.45) is 1.18. The van der Waals surface area contributed by atoms with Gasteiger partial charge in [-0.05, 0) is 18.4 Å². The van der Waals surface area contributed by atoms with E-state index in [1.54, 1.807) is 12.1 Å². The molecule has 2 N–H and O–H groups in total. The Bertz CT molecular complexity index is 467. The normalized spacial score (nSPS) is 23.6. The second-order valence-electron chi connectivity index (χ2n) is 5.43. The summed E-state index contributed by atoms with van der Waals surface area (Å²) in [6, 6.07) is 6.77. The number of carbonyl (C=O) groups is 1. The van der Waals surface area contributed by atoms with E-state index >= 15 is 0 Å². The van der Waals surface area contributed by atoms with Gasteiger partial charge in [-0.1, -0.05) is 18.2 Å². The first-order chi connectivity index (χ1) is 9.58. The molecule has 1 saturated heterocycles. The van der Waals surface area contributed by atoms with Crippen LogP contribution in [0.25, 0.3) is 0 Å². The lowest BCUT2D eigenvalue weighted by atomic mass is 9.91. The van der Waals surface area contributed by atoms with Gasteiger partial charge in [0, 0.05) is 37.7 Å². The van der Waals surface area contributed by atoms with E-state index in [0.29, 0.717) is 18.5 Å². The summed E-state index contributed by atoms with van der Waals surface area (Å²) in [5.74, 6) is -0.232. The first-order valence-electron chi connectivity index (χ1n) is 6.86. The molecule has 0 amide bonds. The van der Waals surface area contributed by atoms with Gasteiger partial charge in [-0.3, -0.25) is 9.69 Å². The topological polar surface area (TPSA) is 55.6 Å². The first-order valence-corrected chi connectivity index (χ1v) is 6.86. The fraction of sp³-hybridized carbons (Fsp3) is 0.533. The Labute approximate surface area is 118 Å². The van der Waals surface area contributed by atoms with Crippen molar-refractivity contribution < 1.29 is 13.9 Å². The Balaban J connectivity index is 1.97. The number of esters is 1. The minimum atomic E-state index is -0.213. The van der Waals surface area contributed by atoms with Gasteiger partial charge in [-0.15, -0.1) is 0 Å². The molecule has 0 saturated carbocycles. The van der Waals surface area contributed by atoms with E-state index in [-0.39, 0.29) is 23.7 Å². The van der Waals surface area contributed by atoms with Crippen LogP contribution in [0, 0.1) is 11.7 Å². The molecule has 0 spiro atoms. The molecule has 110 valence electrons. The monoisotopic (exact) mass is 280 g/mol. The van der Waals surface area contributed by atoms with Crippen molar-refractivity contribution in [2.75, 3.05) is 20.2 Å². The number of hydrogen-bond donors (Lipinski definition) is 1. The van der Waals surface area contributed by atoms with E-state index in [1.807, 2.05) is 6.07 Å². The van der Waals surface area contributed by atoms with Crippen molar-refractivity contribution in [2.45, 2.75) is 25.4 Å².